The monoisotopic (exact) mass is 330 g/mol. The molecule has 120 valence electrons. The molecule has 1 atom stereocenters. The van der Waals surface area contributed by atoms with Crippen LogP contribution in [0.1, 0.15) is 11.8 Å². The van der Waals surface area contributed by atoms with Gasteiger partial charge in [-0.05, 0) is 38.4 Å². The van der Waals surface area contributed by atoms with Gasteiger partial charge in [-0.15, -0.1) is 0 Å². The zero-order valence-electron chi connectivity index (χ0n) is 12.1. The topological polar surface area (TPSA) is 62.6 Å². The molecule has 0 spiro atoms. The van der Waals surface area contributed by atoms with Crippen LogP contribution in [0.25, 0.3) is 0 Å². The first-order valence-electron chi connectivity index (χ1n) is 6.45. The molecule has 22 heavy (non-hydrogen) atoms. The Morgan fingerprint density at radius 3 is 2.36 bits per heavy atom. The minimum atomic E-state index is -4.02. The molecule has 0 aliphatic heterocycles. The van der Waals surface area contributed by atoms with Crippen LogP contribution in [-0.2, 0) is 10.0 Å². The third-order valence-electron chi connectivity index (χ3n) is 3.11. The Kier molecular flexibility index (Phi) is 4.94. The highest BCUT2D eigenvalue weighted by molar-refractivity contribution is 7.89. The normalized spacial score (nSPS) is 13.5. The molecule has 1 aromatic heterocycles. The second-order valence-corrected chi connectivity index (χ2v) is 6.72. The third-order valence-corrected chi connectivity index (χ3v) is 4.51. The van der Waals surface area contributed by atoms with Gasteiger partial charge in [-0.3, -0.25) is 4.90 Å². The van der Waals surface area contributed by atoms with Crippen molar-refractivity contribution < 1.29 is 21.6 Å². The van der Waals surface area contributed by atoms with E-state index in [1.807, 2.05) is 0 Å². The molecule has 0 unspecified atom stereocenters. The standard InChI is InChI=1S/C14H16F2N2O3S/c1-18(2)13(14-4-3-5-21-14)9-17-22(19,20)12-7-10(15)6-11(16)8-12/h3-8,13,17H,9H2,1-2H3/t13-/m0/s1. The number of sulfonamides is 1. The van der Waals surface area contributed by atoms with Crippen LogP contribution in [0.2, 0.25) is 0 Å². The van der Waals surface area contributed by atoms with Crippen molar-refractivity contribution in [3.8, 4) is 0 Å². The predicted molar refractivity (Wildman–Crippen MR) is 76.7 cm³/mol. The summed E-state index contributed by atoms with van der Waals surface area (Å²) in [6.45, 7) is 0.000971. The van der Waals surface area contributed by atoms with Gasteiger partial charge in [0.1, 0.15) is 17.4 Å². The van der Waals surface area contributed by atoms with Crippen LogP contribution in [0.3, 0.4) is 0 Å². The van der Waals surface area contributed by atoms with Crippen LogP contribution in [0.15, 0.2) is 45.9 Å². The summed E-state index contributed by atoms with van der Waals surface area (Å²) in [5.74, 6) is -1.32. The minimum absolute atomic E-state index is 0.000971. The number of nitrogens with zero attached hydrogens (tertiary/aromatic N) is 1. The third kappa shape index (κ3) is 3.90. The highest BCUT2D eigenvalue weighted by Gasteiger charge is 2.22. The lowest BCUT2D eigenvalue weighted by Crippen LogP contribution is -2.34. The molecule has 1 heterocycles. The van der Waals surface area contributed by atoms with Gasteiger partial charge in [0.25, 0.3) is 0 Å². The van der Waals surface area contributed by atoms with Crippen molar-refractivity contribution in [3.05, 3.63) is 54.0 Å². The van der Waals surface area contributed by atoms with Crippen molar-refractivity contribution in [2.75, 3.05) is 20.6 Å². The van der Waals surface area contributed by atoms with Gasteiger partial charge >= 0.3 is 0 Å². The lowest BCUT2D eigenvalue weighted by atomic mass is 10.2. The van der Waals surface area contributed by atoms with Crippen molar-refractivity contribution >= 4 is 10.0 Å². The Labute approximate surface area is 127 Å². The van der Waals surface area contributed by atoms with Crippen LogP contribution in [0.4, 0.5) is 8.78 Å². The molecular formula is C14H16F2N2O3S. The maximum atomic E-state index is 13.2. The number of hydrogen-bond donors (Lipinski definition) is 1. The molecule has 1 N–H and O–H groups in total. The maximum absolute atomic E-state index is 13.2. The summed E-state index contributed by atoms with van der Waals surface area (Å²) in [4.78, 5) is 1.31. The van der Waals surface area contributed by atoms with Crippen molar-refractivity contribution in [1.82, 2.24) is 9.62 Å². The Morgan fingerprint density at radius 1 is 1.23 bits per heavy atom. The first kappa shape index (κ1) is 16.6. The quantitative estimate of drug-likeness (QED) is 0.881. The van der Waals surface area contributed by atoms with E-state index >= 15 is 0 Å². The van der Waals surface area contributed by atoms with Gasteiger partial charge in [-0.2, -0.15) is 0 Å². The summed E-state index contributed by atoms with van der Waals surface area (Å²) < 4.78 is 58.2. The SMILES string of the molecule is CN(C)[C@@H](CNS(=O)(=O)c1cc(F)cc(F)c1)c1ccco1. The van der Waals surface area contributed by atoms with E-state index < -0.39 is 26.6 Å². The molecule has 8 heteroatoms. The average Bonchev–Trinajstić information content (AvgIpc) is 2.91. The maximum Gasteiger partial charge on any atom is 0.240 e. The number of nitrogens with one attached hydrogen (secondary N) is 1. The fourth-order valence-corrected chi connectivity index (χ4v) is 3.05. The molecule has 0 saturated carbocycles. The average molecular weight is 330 g/mol. The van der Waals surface area contributed by atoms with Crippen LogP contribution >= 0.6 is 0 Å². The largest absolute Gasteiger partial charge is 0.468 e. The van der Waals surface area contributed by atoms with Gasteiger partial charge in [-0.25, -0.2) is 21.9 Å². The van der Waals surface area contributed by atoms with Crippen molar-refractivity contribution in [2.24, 2.45) is 0 Å². The number of rotatable bonds is 6. The van der Waals surface area contributed by atoms with Crippen molar-refractivity contribution in [3.63, 3.8) is 0 Å². The first-order valence-corrected chi connectivity index (χ1v) is 7.93. The predicted octanol–water partition coefficient (Wildman–Crippen LogP) is 2.14. The van der Waals surface area contributed by atoms with Crippen LogP contribution in [0, 0.1) is 11.6 Å². The highest BCUT2D eigenvalue weighted by Crippen LogP contribution is 2.19. The van der Waals surface area contributed by atoms with Gasteiger partial charge < -0.3 is 4.42 Å². The number of hydrogen-bond acceptors (Lipinski definition) is 4. The summed E-state index contributed by atoms with van der Waals surface area (Å²) in [7, 11) is -0.489. The van der Waals surface area contributed by atoms with E-state index in [-0.39, 0.29) is 12.6 Å². The number of benzene rings is 1. The number of furan rings is 1. The Morgan fingerprint density at radius 2 is 1.86 bits per heavy atom. The first-order chi connectivity index (χ1) is 10.3. The van der Waals surface area contributed by atoms with Crippen molar-refractivity contribution in [2.45, 2.75) is 10.9 Å². The van der Waals surface area contributed by atoms with E-state index in [0.717, 1.165) is 12.1 Å². The molecular weight excluding hydrogens is 314 g/mol. The zero-order valence-corrected chi connectivity index (χ0v) is 12.9. The van der Waals surface area contributed by atoms with Gasteiger partial charge in [0.05, 0.1) is 17.2 Å². The van der Waals surface area contributed by atoms with E-state index in [1.54, 1.807) is 31.1 Å². The Balaban J connectivity index is 2.18. The van der Waals surface area contributed by atoms with Crippen LogP contribution in [-0.4, -0.2) is 34.0 Å². The van der Waals surface area contributed by atoms with Crippen LogP contribution in [0.5, 0.6) is 0 Å². The summed E-state index contributed by atoms with van der Waals surface area (Å²) in [5, 5.41) is 0. The summed E-state index contributed by atoms with van der Waals surface area (Å²) in [6.07, 6.45) is 1.49. The molecule has 0 bridgehead atoms. The van der Waals surface area contributed by atoms with Crippen molar-refractivity contribution in [1.29, 1.82) is 0 Å². The summed E-state index contributed by atoms with van der Waals surface area (Å²) in [5.41, 5.74) is 0. The smallest absolute Gasteiger partial charge is 0.240 e. The zero-order chi connectivity index (χ0) is 16.3. The molecule has 1 aromatic carbocycles. The lowest BCUT2D eigenvalue weighted by molar-refractivity contribution is 0.259. The molecule has 5 nitrogen and oxygen atoms in total. The second-order valence-electron chi connectivity index (χ2n) is 4.95. The molecule has 0 amide bonds. The number of halogens is 2. The molecule has 2 aromatic rings. The molecule has 0 aliphatic carbocycles. The van der Waals surface area contributed by atoms with E-state index in [1.165, 1.54) is 6.26 Å². The lowest BCUT2D eigenvalue weighted by Gasteiger charge is -2.22. The van der Waals surface area contributed by atoms with Gasteiger partial charge in [0.15, 0.2) is 0 Å². The summed E-state index contributed by atoms with van der Waals surface area (Å²) >= 11 is 0. The fraction of sp³-hybridized carbons (Fsp3) is 0.286. The van der Waals surface area contributed by atoms with E-state index in [2.05, 4.69) is 4.72 Å². The molecule has 0 aliphatic rings. The fourth-order valence-electron chi connectivity index (χ4n) is 1.97. The van der Waals surface area contributed by atoms with Gasteiger partial charge in [-0.1, -0.05) is 0 Å². The molecule has 0 radical (unpaired) electrons. The Hall–Kier alpha value is -1.77. The van der Waals surface area contributed by atoms with E-state index in [9.17, 15) is 17.2 Å². The molecule has 0 saturated heterocycles. The van der Waals surface area contributed by atoms with E-state index in [4.69, 9.17) is 4.42 Å². The Bertz CT molecular complexity index is 710. The van der Waals surface area contributed by atoms with Crippen LogP contribution < -0.4 is 4.72 Å². The van der Waals surface area contributed by atoms with Gasteiger partial charge in [0, 0.05) is 12.6 Å². The summed E-state index contributed by atoms with van der Waals surface area (Å²) in [6, 6.07) is 5.22. The van der Waals surface area contributed by atoms with Gasteiger partial charge in [0.2, 0.25) is 10.0 Å². The highest BCUT2D eigenvalue weighted by atomic mass is 32.2. The molecule has 0 fully saturated rings. The van der Waals surface area contributed by atoms with E-state index in [0.29, 0.717) is 11.8 Å². The number of likely N-dealkylation sites (N-methyl/N-ethyl adjacent to an activating group) is 1. The minimum Gasteiger partial charge on any atom is -0.468 e. The second kappa shape index (κ2) is 6.55. The molecule has 2 rings (SSSR count).